The van der Waals surface area contributed by atoms with Crippen LogP contribution in [0.3, 0.4) is 0 Å². The number of methoxy groups -OCH3 is 3. The van der Waals surface area contributed by atoms with Crippen molar-refractivity contribution in [1.82, 2.24) is 4.90 Å². The van der Waals surface area contributed by atoms with E-state index in [4.69, 9.17) is 14.2 Å². The molecule has 1 heterocycles. The van der Waals surface area contributed by atoms with E-state index in [2.05, 4.69) is 17.1 Å². The zero-order valence-electron chi connectivity index (χ0n) is 14.3. The number of nitrogens with zero attached hydrogens (tertiary/aromatic N) is 1. The number of hydrogen-bond acceptors (Lipinski definition) is 5. The molecule has 1 aliphatic rings. The quantitative estimate of drug-likeness (QED) is 0.871. The van der Waals surface area contributed by atoms with Crippen molar-refractivity contribution in [3.05, 3.63) is 12.1 Å². The maximum atomic E-state index is 12.3. The van der Waals surface area contributed by atoms with Crippen molar-refractivity contribution in [2.24, 2.45) is 5.92 Å². The van der Waals surface area contributed by atoms with E-state index in [0.29, 0.717) is 35.4 Å². The second kappa shape index (κ2) is 8.06. The average molecular weight is 322 g/mol. The Morgan fingerprint density at radius 2 is 1.87 bits per heavy atom. The van der Waals surface area contributed by atoms with Gasteiger partial charge in [-0.2, -0.15) is 0 Å². The van der Waals surface area contributed by atoms with Crippen LogP contribution in [0.25, 0.3) is 0 Å². The highest BCUT2D eigenvalue weighted by atomic mass is 16.5. The lowest BCUT2D eigenvalue weighted by molar-refractivity contribution is -0.117. The van der Waals surface area contributed by atoms with Gasteiger partial charge in [0, 0.05) is 24.4 Å². The lowest BCUT2D eigenvalue weighted by Gasteiger charge is -2.30. The minimum absolute atomic E-state index is 0.0339. The van der Waals surface area contributed by atoms with Gasteiger partial charge in [0.1, 0.15) is 0 Å². The first-order valence-corrected chi connectivity index (χ1v) is 7.89. The van der Waals surface area contributed by atoms with E-state index < -0.39 is 0 Å². The van der Waals surface area contributed by atoms with E-state index in [0.717, 1.165) is 19.5 Å². The molecule has 0 saturated carbocycles. The normalized spacial score (nSPS) is 18.3. The molecule has 0 bridgehead atoms. The second-order valence-electron chi connectivity index (χ2n) is 5.94. The van der Waals surface area contributed by atoms with Gasteiger partial charge in [0.05, 0.1) is 27.9 Å². The summed E-state index contributed by atoms with van der Waals surface area (Å²) in [7, 11) is 4.66. The number of amides is 1. The predicted molar refractivity (Wildman–Crippen MR) is 89.6 cm³/mol. The van der Waals surface area contributed by atoms with Crippen LogP contribution >= 0.6 is 0 Å². The molecule has 128 valence electrons. The average Bonchev–Trinajstić information content (AvgIpc) is 2.53. The number of benzene rings is 1. The van der Waals surface area contributed by atoms with Gasteiger partial charge in [0.25, 0.3) is 0 Å². The van der Waals surface area contributed by atoms with Gasteiger partial charge in [-0.3, -0.25) is 9.69 Å². The molecule has 1 saturated heterocycles. The maximum absolute atomic E-state index is 12.3. The van der Waals surface area contributed by atoms with Crippen LogP contribution in [0.2, 0.25) is 0 Å². The number of hydrogen-bond donors (Lipinski definition) is 1. The van der Waals surface area contributed by atoms with Gasteiger partial charge < -0.3 is 19.5 Å². The molecule has 0 radical (unpaired) electrons. The van der Waals surface area contributed by atoms with Crippen LogP contribution in [-0.4, -0.2) is 51.8 Å². The van der Waals surface area contributed by atoms with E-state index in [1.165, 1.54) is 6.42 Å². The largest absolute Gasteiger partial charge is 0.493 e. The molecule has 23 heavy (non-hydrogen) atoms. The van der Waals surface area contributed by atoms with E-state index in [1.807, 2.05) is 0 Å². The minimum atomic E-state index is -0.0339. The molecule has 2 rings (SSSR count). The zero-order valence-corrected chi connectivity index (χ0v) is 14.3. The van der Waals surface area contributed by atoms with Crippen LogP contribution in [0.4, 0.5) is 5.69 Å². The molecule has 0 spiro atoms. The van der Waals surface area contributed by atoms with Crippen molar-refractivity contribution in [2.75, 3.05) is 46.3 Å². The van der Waals surface area contributed by atoms with E-state index >= 15 is 0 Å². The molecule has 1 fully saturated rings. The van der Waals surface area contributed by atoms with Crippen molar-refractivity contribution >= 4 is 11.6 Å². The van der Waals surface area contributed by atoms with Crippen LogP contribution in [0.15, 0.2) is 12.1 Å². The van der Waals surface area contributed by atoms with Gasteiger partial charge in [0.2, 0.25) is 11.7 Å². The maximum Gasteiger partial charge on any atom is 0.238 e. The van der Waals surface area contributed by atoms with Gasteiger partial charge in [-0.1, -0.05) is 6.92 Å². The fourth-order valence-electron chi connectivity index (χ4n) is 2.99. The van der Waals surface area contributed by atoms with E-state index in [-0.39, 0.29) is 5.91 Å². The first kappa shape index (κ1) is 17.4. The molecule has 1 aliphatic heterocycles. The summed E-state index contributed by atoms with van der Waals surface area (Å²) in [5.74, 6) is 2.17. The van der Waals surface area contributed by atoms with Crippen LogP contribution in [0.1, 0.15) is 19.8 Å². The van der Waals surface area contributed by atoms with Crippen LogP contribution in [0, 0.1) is 5.92 Å². The van der Waals surface area contributed by atoms with Crippen molar-refractivity contribution in [2.45, 2.75) is 19.8 Å². The molecular formula is C17H26N2O4. The molecule has 6 heteroatoms. The number of ether oxygens (including phenoxy) is 3. The van der Waals surface area contributed by atoms with Crippen LogP contribution in [-0.2, 0) is 4.79 Å². The first-order chi connectivity index (χ1) is 11.1. The van der Waals surface area contributed by atoms with Crippen molar-refractivity contribution in [3.8, 4) is 17.2 Å². The Morgan fingerprint density at radius 3 is 2.39 bits per heavy atom. The lowest BCUT2D eigenvalue weighted by Crippen LogP contribution is -2.39. The summed E-state index contributed by atoms with van der Waals surface area (Å²) in [6.45, 7) is 4.58. The second-order valence-corrected chi connectivity index (χ2v) is 5.94. The minimum Gasteiger partial charge on any atom is -0.493 e. The summed E-state index contributed by atoms with van der Waals surface area (Å²) in [4.78, 5) is 14.5. The standard InChI is InChI=1S/C17H26N2O4/c1-12-6-5-7-19(10-12)11-16(20)18-13-8-14(21-2)17(23-4)15(9-13)22-3/h8-9,12H,5-7,10-11H2,1-4H3,(H,18,20). The Bertz CT molecular complexity index is 522. The molecule has 1 N–H and O–H groups in total. The fourth-order valence-corrected chi connectivity index (χ4v) is 2.99. The third-order valence-electron chi connectivity index (χ3n) is 4.06. The highest BCUT2D eigenvalue weighted by molar-refractivity contribution is 5.93. The molecular weight excluding hydrogens is 296 g/mol. The van der Waals surface area contributed by atoms with Gasteiger partial charge in [-0.25, -0.2) is 0 Å². The van der Waals surface area contributed by atoms with Gasteiger partial charge in [-0.05, 0) is 25.3 Å². The van der Waals surface area contributed by atoms with Crippen molar-refractivity contribution in [3.63, 3.8) is 0 Å². The van der Waals surface area contributed by atoms with E-state index in [1.54, 1.807) is 33.5 Å². The molecule has 0 aromatic heterocycles. The topological polar surface area (TPSA) is 60.0 Å². The molecule has 1 aromatic carbocycles. The number of piperidine rings is 1. The smallest absolute Gasteiger partial charge is 0.238 e. The summed E-state index contributed by atoms with van der Waals surface area (Å²) in [5.41, 5.74) is 0.634. The summed E-state index contributed by atoms with van der Waals surface area (Å²) in [6, 6.07) is 3.47. The SMILES string of the molecule is COc1cc(NC(=O)CN2CCCC(C)C2)cc(OC)c1OC. The Labute approximate surface area is 137 Å². The third-order valence-corrected chi connectivity index (χ3v) is 4.06. The summed E-state index contributed by atoms with van der Waals surface area (Å²) in [5, 5.41) is 2.91. The Morgan fingerprint density at radius 1 is 1.22 bits per heavy atom. The number of rotatable bonds is 6. The Hall–Kier alpha value is -1.95. The van der Waals surface area contributed by atoms with Gasteiger partial charge >= 0.3 is 0 Å². The van der Waals surface area contributed by atoms with Crippen molar-refractivity contribution in [1.29, 1.82) is 0 Å². The van der Waals surface area contributed by atoms with Crippen LogP contribution in [0.5, 0.6) is 17.2 Å². The molecule has 6 nitrogen and oxygen atoms in total. The third kappa shape index (κ3) is 4.51. The predicted octanol–water partition coefficient (Wildman–Crippen LogP) is 2.38. The number of carbonyl (C=O) groups is 1. The van der Waals surface area contributed by atoms with Crippen LogP contribution < -0.4 is 19.5 Å². The highest BCUT2D eigenvalue weighted by Crippen LogP contribution is 2.39. The summed E-state index contributed by atoms with van der Waals surface area (Å²) in [6.07, 6.45) is 2.39. The summed E-state index contributed by atoms with van der Waals surface area (Å²) >= 11 is 0. The molecule has 1 aromatic rings. The molecule has 1 unspecified atom stereocenters. The lowest BCUT2D eigenvalue weighted by atomic mass is 10.0. The highest BCUT2D eigenvalue weighted by Gasteiger charge is 2.19. The molecule has 1 atom stereocenters. The van der Waals surface area contributed by atoms with E-state index in [9.17, 15) is 4.79 Å². The number of anilines is 1. The summed E-state index contributed by atoms with van der Waals surface area (Å²) < 4.78 is 15.9. The first-order valence-electron chi connectivity index (χ1n) is 7.89. The monoisotopic (exact) mass is 322 g/mol. The van der Waals surface area contributed by atoms with Crippen molar-refractivity contribution < 1.29 is 19.0 Å². The number of likely N-dealkylation sites (tertiary alicyclic amines) is 1. The number of nitrogens with one attached hydrogen (secondary N) is 1. The molecule has 1 amide bonds. The number of carbonyl (C=O) groups excluding carboxylic acids is 1. The fraction of sp³-hybridized carbons (Fsp3) is 0.588. The zero-order chi connectivity index (χ0) is 16.8. The van der Waals surface area contributed by atoms with Gasteiger partial charge in [0.15, 0.2) is 11.5 Å². The Balaban J connectivity index is 2.05. The Kier molecular flexibility index (Phi) is 6.10. The van der Waals surface area contributed by atoms with Gasteiger partial charge in [-0.15, -0.1) is 0 Å². The molecule has 0 aliphatic carbocycles.